The summed E-state index contributed by atoms with van der Waals surface area (Å²) in [4.78, 5) is 0. The summed E-state index contributed by atoms with van der Waals surface area (Å²) in [5.41, 5.74) is 12.8. The Morgan fingerprint density at radius 1 is 1.50 bits per heavy atom. The lowest BCUT2D eigenvalue weighted by Crippen LogP contribution is -2.11. The standard InChI is InChI=1S/C8H9ClN2O/c9-5-1-4(10)2-7-8(5)6(11)3-12-7/h1-2,6H,3,10-11H2. The first kappa shape index (κ1) is 7.71. The molecule has 1 aliphatic rings. The molecule has 1 heterocycles. The maximum Gasteiger partial charge on any atom is 0.127 e. The first-order valence-corrected chi connectivity index (χ1v) is 4.03. The van der Waals surface area contributed by atoms with E-state index in [0.29, 0.717) is 23.1 Å². The molecule has 0 saturated heterocycles. The molecular weight excluding hydrogens is 176 g/mol. The van der Waals surface area contributed by atoms with E-state index in [1.165, 1.54) is 0 Å². The first-order chi connectivity index (χ1) is 5.68. The van der Waals surface area contributed by atoms with Crippen molar-refractivity contribution in [2.24, 2.45) is 5.73 Å². The zero-order chi connectivity index (χ0) is 8.72. The van der Waals surface area contributed by atoms with Crippen molar-refractivity contribution in [1.82, 2.24) is 0 Å². The van der Waals surface area contributed by atoms with E-state index < -0.39 is 0 Å². The Balaban J connectivity index is 2.60. The number of halogens is 1. The van der Waals surface area contributed by atoms with Crippen LogP contribution in [0, 0.1) is 0 Å². The summed E-state index contributed by atoms with van der Waals surface area (Å²) in [6, 6.07) is 3.32. The highest BCUT2D eigenvalue weighted by Crippen LogP contribution is 2.38. The highest BCUT2D eigenvalue weighted by atomic mass is 35.5. The van der Waals surface area contributed by atoms with Crippen molar-refractivity contribution < 1.29 is 4.74 Å². The summed E-state index contributed by atoms with van der Waals surface area (Å²) in [5, 5.41) is 0.593. The number of anilines is 1. The Kier molecular flexibility index (Phi) is 1.63. The minimum atomic E-state index is -0.118. The fraction of sp³-hybridized carbons (Fsp3) is 0.250. The molecule has 3 nitrogen and oxygen atoms in total. The normalized spacial score (nSPS) is 20.3. The lowest BCUT2D eigenvalue weighted by Gasteiger charge is -2.04. The highest BCUT2D eigenvalue weighted by Gasteiger charge is 2.23. The Morgan fingerprint density at radius 2 is 2.25 bits per heavy atom. The van der Waals surface area contributed by atoms with E-state index in [0.717, 1.165) is 5.56 Å². The van der Waals surface area contributed by atoms with Crippen molar-refractivity contribution in [3.8, 4) is 5.75 Å². The average molecular weight is 185 g/mol. The molecule has 1 aromatic rings. The molecule has 4 N–H and O–H groups in total. The maximum absolute atomic E-state index is 5.93. The molecule has 1 unspecified atom stereocenters. The van der Waals surface area contributed by atoms with E-state index in [4.69, 9.17) is 27.8 Å². The van der Waals surface area contributed by atoms with Gasteiger partial charge in [-0.15, -0.1) is 0 Å². The second kappa shape index (κ2) is 2.54. The Hall–Kier alpha value is -0.930. The second-order valence-corrected chi connectivity index (χ2v) is 3.24. The summed E-state index contributed by atoms with van der Waals surface area (Å²) in [6.07, 6.45) is 0. The van der Waals surface area contributed by atoms with Crippen LogP contribution in [0.15, 0.2) is 12.1 Å². The molecule has 12 heavy (non-hydrogen) atoms. The van der Waals surface area contributed by atoms with E-state index in [2.05, 4.69) is 0 Å². The number of nitrogen functional groups attached to an aromatic ring is 1. The number of benzene rings is 1. The van der Waals surface area contributed by atoms with Gasteiger partial charge in [0.2, 0.25) is 0 Å². The topological polar surface area (TPSA) is 61.3 Å². The van der Waals surface area contributed by atoms with Crippen LogP contribution in [0.4, 0.5) is 5.69 Å². The molecule has 0 spiro atoms. The van der Waals surface area contributed by atoms with Crippen molar-refractivity contribution in [2.45, 2.75) is 6.04 Å². The number of hydrogen-bond acceptors (Lipinski definition) is 3. The van der Waals surface area contributed by atoms with Gasteiger partial charge in [0.1, 0.15) is 12.4 Å². The minimum absolute atomic E-state index is 0.118. The summed E-state index contributed by atoms with van der Waals surface area (Å²) >= 11 is 5.93. The molecule has 64 valence electrons. The molecule has 1 aliphatic heterocycles. The molecule has 1 aromatic carbocycles. The minimum Gasteiger partial charge on any atom is -0.491 e. The monoisotopic (exact) mass is 184 g/mol. The number of rotatable bonds is 0. The quantitative estimate of drug-likeness (QED) is 0.598. The van der Waals surface area contributed by atoms with E-state index in [1.54, 1.807) is 12.1 Å². The fourth-order valence-electron chi connectivity index (χ4n) is 1.35. The Labute approximate surface area is 75.3 Å². The molecule has 4 heteroatoms. The molecule has 0 bridgehead atoms. The van der Waals surface area contributed by atoms with Gasteiger partial charge in [0.15, 0.2) is 0 Å². The van der Waals surface area contributed by atoms with Gasteiger partial charge in [-0.05, 0) is 6.07 Å². The fourth-order valence-corrected chi connectivity index (χ4v) is 1.71. The first-order valence-electron chi connectivity index (χ1n) is 3.66. The number of nitrogens with two attached hydrogens (primary N) is 2. The van der Waals surface area contributed by atoms with Crippen molar-refractivity contribution in [2.75, 3.05) is 12.3 Å². The zero-order valence-corrected chi connectivity index (χ0v) is 7.14. The van der Waals surface area contributed by atoms with Crippen LogP contribution in [-0.4, -0.2) is 6.61 Å². The predicted molar refractivity (Wildman–Crippen MR) is 48.3 cm³/mol. The third-order valence-corrected chi connectivity index (χ3v) is 2.22. The molecule has 0 saturated carbocycles. The van der Waals surface area contributed by atoms with Crippen molar-refractivity contribution >= 4 is 17.3 Å². The van der Waals surface area contributed by atoms with Crippen molar-refractivity contribution in [1.29, 1.82) is 0 Å². The van der Waals surface area contributed by atoms with Crippen LogP contribution in [-0.2, 0) is 0 Å². The average Bonchev–Trinajstić information content (AvgIpc) is 2.31. The van der Waals surface area contributed by atoms with Gasteiger partial charge in [-0.1, -0.05) is 11.6 Å². The molecule has 0 amide bonds. The Bertz CT molecular complexity index is 327. The Morgan fingerprint density at radius 3 is 3.00 bits per heavy atom. The predicted octanol–water partition coefficient (Wildman–Crippen LogP) is 1.31. The molecule has 1 atom stereocenters. The summed E-state index contributed by atoms with van der Waals surface area (Å²) < 4.78 is 5.28. The molecule has 0 aliphatic carbocycles. The SMILES string of the molecule is Nc1cc(Cl)c2c(c1)OCC2N. The van der Waals surface area contributed by atoms with Crippen LogP contribution < -0.4 is 16.2 Å². The number of ether oxygens (including phenoxy) is 1. The van der Waals surface area contributed by atoms with Crippen LogP contribution >= 0.6 is 11.6 Å². The third-order valence-electron chi connectivity index (χ3n) is 1.90. The van der Waals surface area contributed by atoms with Crippen LogP contribution in [0.3, 0.4) is 0 Å². The lowest BCUT2D eigenvalue weighted by molar-refractivity contribution is 0.333. The van der Waals surface area contributed by atoms with E-state index in [-0.39, 0.29) is 6.04 Å². The van der Waals surface area contributed by atoms with Crippen LogP contribution in [0.2, 0.25) is 5.02 Å². The molecule has 0 radical (unpaired) electrons. The van der Waals surface area contributed by atoms with Gasteiger partial charge in [-0.25, -0.2) is 0 Å². The van der Waals surface area contributed by atoms with Gasteiger partial charge in [-0.3, -0.25) is 0 Å². The third kappa shape index (κ3) is 1.02. The summed E-state index contributed by atoms with van der Waals surface area (Å²) in [5.74, 6) is 0.715. The largest absolute Gasteiger partial charge is 0.491 e. The van der Waals surface area contributed by atoms with Crippen molar-refractivity contribution in [3.63, 3.8) is 0 Å². The van der Waals surface area contributed by atoms with E-state index in [9.17, 15) is 0 Å². The summed E-state index contributed by atoms with van der Waals surface area (Å²) in [7, 11) is 0. The van der Waals surface area contributed by atoms with Crippen LogP contribution in [0.1, 0.15) is 11.6 Å². The highest BCUT2D eigenvalue weighted by molar-refractivity contribution is 6.32. The van der Waals surface area contributed by atoms with E-state index >= 15 is 0 Å². The number of fused-ring (bicyclic) bond motifs is 1. The van der Waals surface area contributed by atoms with E-state index in [1.807, 2.05) is 0 Å². The smallest absolute Gasteiger partial charge is 0.127 e. The number of hydrogen-bond donors (Lipinski definition) is 2. The molecular formula is C8H9ClN2O. The summed E-state index contributed by atoms with van der Waals surface area (Å²) in [6.45, 7) is 0.485. The van der Waals surface area contributed by atoms with Gasteiger partial charge >= 0.3 is 0 Å². The van der Waals surface area contributed by atoms with Crippen LogP contribution in [0.25, 0.3) is 0 Å². The van der Waals surface area contributed by atoms with Crippen LogP contribution in [0.5, 0.6) is 5.75 Å². The van der Waals surface area contributed by atoms with Gasteiger partial charge < -0.3 is 16.2 Å². The maximum atomic E-state index is 5.93. The zero-order valence-electron chi connectivity index (χ0n) is 6.38. The molecule has 0 fully saturated rings. The van der Waals surface area contributed by atoms with Gasteiger partial charge in [-0.2, -0.15) is 0 Å². The molecule has 2 rings (SSSR count). The van der Waals surface area contributed by atoms with Crippen molar-refractivity contribution in [3.05, 3.63) is 22.7 Å². The lowest BCUT2D eigenvalue weighted by atomic mass is 10.1. The van der Waals surface area contributed by atoms with Gasteiger partial charge in [0.05, 0.1) is 11.1 Å². The second-order valence-electron chi connectivity index (χ2n) is 2.83. The van der Waals surface area contributed by atoms with Gasteiger partial charge in [0, 0.05) is 17.3 Å². The molecule has 0 aromatic heterocycles. The van der Waals surface area contributed by atoms with Gasteiger partial charge in [0.25, 0.3) is 0 Å².